The molecule has 22 heavy (non-hydrogen) atoms. The quantitative estimate of drug-likeness (QED) is 0.615. The van der Waals surface area contributed by atoms with Crippen LogP contribution in [0.1, 0.15) is 0 Å². The van der Waals surface area contributed by atoms with Gasteiger partial charge in [-0.1, -0.05) is 30.3 Å². The van der Waals surface area contributed by atoms with Crippen LogP contribution in [0, 0.1) is 0 Å². The molecule has 0 aliphatic rings. The van der Waals surface area contributed by atoms with Gasteiger partial charge in [-0.3, -0.25) is 0 Å². The lowest BCUT2D eigenvalue weighted by Crippen LogP contribution is -1.98. The fourth-order valence-corrected chi connectivity index (χ4v) is 2.34. The second kappa shape index (κ2) is 5.33. The van der Waals surface area contributed by atoms with E-state index in [1.807, 2.05) is 78.9 Å². The summed E-state index contributed by atoms with van der Waals surface area (Å²) in [6.07, 6.45) is 0. The van der Waals surface area contributed by atoms with Gasteiger partial charge in [0.25, 0.3) is 0 Å². The van der Waals surface area contributed by atoms with Crippen molar-refractivity contribution in [3.05, 3.63) is 78.9 Å². The summed E-state index contributed by atoms with van der Waals surface area (Å²) in [5.74, 6) is 0. The molecule has 0 fully saturated rings. The standard InChI is InChI=1S/C18H14N4/c1-2-6-14(7-3-1)19-15-10-12-16(13-11-15)22-20-17-8-4-5-9-18(17)21-22/h1-13,19H. The second-order valence-electron chi connectivity index (χ2n) is 5.02. The van der Waals surface area contributed by atoms with Crippen molar-refractivity contribution in [3.8, 4) is 5.69 Å². The molecular formula is C18H14N4. The van der Waals surface area contributed by atoms with E-state index in [9.17, 15) is 0 Å². The molecule has 4 rings (SSSR count). The number of benzene rings is 3. The van der Waals surface area contributed by atoms with Gasteiger partial charge in [0.15, 0.2) is 0 Å². The molecule has 1 aromatic heterocycles. The molecule has 0 aliphatic heterocycles. The number of nitrogens with zero attached hydrogens (tertiary/aromatic N) is 3. The third kappa shape index (κ3) is 2.42. The number of rotatable bonds is 3. The minimum Gasteiger partial charge on any atom is -0.356 e. The highest BCUT2D eigenvalue weighted by molar-refractivity contribution is 5.73. The average Bonchev–Trinajstić information content (AvgIpc) is 3.00. The third-order valence-electron chi connectivity index (χ3n) is 3.45. The number of anilines is 2. The molecule has 0 saturated carbocycles. The third-order valence-corrected chi connectivity index (χ3v) is 3.45. The Balaban J connectivity index is 1.61. The van der Waals surface area contributed by atoms with Gasteiger partial charge in [-0.2, -0.15) is 4.80 Å². The lowest BCUT2D eigenvalue weighted by Gasteiger charge is -2.06. The number of para-hydroxylation sites is 1. The smallest absolute Gasteiger partial charge is 0.113 e. The zero-order chi connectivity index (χ0) is 14.8. The molecule has 1 heterocycles. The predicted molar refractivity (Wildman–Crippen MR) is 88.6 cm³/mol. The molecule has 3 aromatic carbocycles. The van der Waals surface area contributed by atoms with Crippen LogP contribution in [0.3, 0.4) is 0 Å². The number of hydrogen-bond donors (Lipinski definition) is 1. The highest BCUT2D eigenvalue weighted by atomic mass is 15.5. The first-order valence-corrected chi connectivity index (χ1v) is 7.13. The number of aromatic nitrogens is 3. The van der Waals surface area contributed by atoms with Crippen molar-refractivity contribution in [1.82, 2.24) is 15.0 Å². The molecule has 4 heteroatoms. The van der Waals surface area contributed by atoms with Crippen LogP contribution in [0.5, 0.6) is 0 Å². The first-order valence-electron chi connectivity index (χ1n) is 7.13. The zero-order valence-corrected chi connectivity index (χ0v) is 11.8. The number of hydrogen-bond acceptors (Lipinski definition) is 3. The maximum atomic E-state index is 4.48. The van der Waals surface area contributed by atoms with Gasteiger partial charge in [-0.25, -0.2) is 0 Å². The van der Waals surface area contributed by atoms with E-state index in [2.05, 4.69) is 15.5 Å². The van der Waals surface area contributed by atoms with Crippen molar-refractivity contribution in [2.24, 2.45) is 0 Å². The summed E-state index contributed by atoms with van der Waals surface area (Å²) in [5, 5.41) is 12.3. The van der Waals surface area contributed by atoms with Crippen LogP contribution < -0.4 is 5.32 Å². The monoisotopic (exact) mass is 286 g/mol. The van der Waals surface area contributed by atoms with Crippen LogP contribution in [0.15, 0.2) is 78.9 Å². The molecule has 0 radical (unpaired) electrons. The Morgan fingerprint density at radius 3 is 1.77 bits per heavy atom. The van der Waals surface area contributed by atoms with E-state index in [1.165, 1.54) is 0 Å². The molecule has 0 saturated heterocycles. The Kier molecular flexibility index (Phi) is 3.05. The average molecular weight is 286 g/mol. The summed E-state index contributed by atoms with van der Waals surface area (Å²) in [4.78, 5) is 1.66. The fraction of sp³-hybridized carbons (Fsp3) is 0. The summed E-state index contributed by atoms with van der Waals surface area (Å²) in [5.41, 5.74) is 4.84. The van der Waals surface area contributed by atoms with Gasteiger partial charge in [-0.15, -0.1) is 10.2 Å². The van der Waals surface area contributed by atoms with Crippen LogP contribution in [0.25, 0.3) is 16.7 Å². The van der Waals surface area contributed by atoms with Gasteiger partial charge in [0.1, 0.15) is 11.0 Å². The Labute approximate surface area is 128 Å². The van der Waals surface area contributed by atoms with Crippen molar-refractivity contribution >= 4 is 22.4 Å². The van der Waals surface area contributed by atoms with Gasteiger partial charge in [0.05, 0.1) is 5.69 Å². The van der Waals surface area contributed by atoms with Crippen molar-refractivity contribution in [2.45, 2.75) is 0 Å². The first kappa shape index (κ1) is 12.6. The summed E-state index contributed by atoms with van der Waals surface area (Å²) in [6, 6.07) is 26.0. The van der Waals surface area contributed by atoms with Gasteiger partial charge in [0, 0.05) is 11.4 Å². The SMILES string of the molecule is c1ccc(Nc2ccc(-n3nc4ccccc4n3)cc2)cc1. The molecule has 0 unspecified atom stereocenters. The van der Waals surface area contributed by atoms with Crippen LogP contribution in [-0.4, -0.2) is 15.0 Å². The van der Waals surface area contributed by atoms with Crippen molar-refractivity contribution in [2.75, 3.05) is 5.32 Å². The maximum absolute atomic E-state index is 4.48. The Hall–Kier alpha value is -3.14. The van der Waals surface area contributed by atoms with Crippen molar-refractivity contribution in [1.29, 1.82) is 0 Å². The summed E-state index contributed by atoms with van der Waals surface area (Å²) < 4.78 is 0. The number of nitrogens with one attached hydrogen (secondary N) is 1. The summed E-state index contributed by atoms with van der Waals surface area (Å²) >= 11 is 0. The molecule has 0 amide bonds. The van der Waals surface area contributed by atoms with Crippen LogP contribution in [0.2, 0.25) is 0 Å². The molecule has 0 atom stereocenters. The molecular weight excluding hydrogens is 272 g/mol. The minimum atomic E-state index is 0.897. The predicted octanol–water partition coefficient (Wildman–Crippen LogP) is 4.16. The summed E-state index contributed by atoms with van der Waals surface area (Å²) in [7, 11) is 0. The van der Waals surface area contributed by atoms with E-state index in [4.69, 9.17) is 0 Å². The van der Waals surface area contributed by atoms with Crippen LogP contribution in [-0.2, 0) is 0 Å². The Morgan fingerprint density at radius 2 is 1.14 bits per heavy atom. The van der Waals surface area contributed by atoms with E-state index in [1.54, 1.807) is 4.80 Å². The van der Waals surface area contributed by atoms with E-state index in [0.717, 1.165) is 28.1 Å². The van der Waals surface area contributed by atoms with Crippen molar-refractivity contribution in [3.63, 3.8) is 0 Å². The molecule has 0 spiro atoms. The normalized spacial score (nSPS) is 10.7. The fourth-order valence-electron chi connectivity index (χ4n) is 2.34. The van der Waals surface area contributed by atoms with Crippen LogP contribution >= 0.6 is 0 Å². The van der Waals surface area contributed by atoms with Gasteiger partial charge >= 0.3 is 0 Å². The first-order chi connectivity index (χ1) is 10.9. The molecule has 106 valence electrons. The second-order valence-corrected chi connectivity index (χ2v) is 5.02. The minimum absolute atomic E-state index is 0.897. The number of fused-ring (bicyclic) bond motifs is 1. The van der Waals surface area contributed by atoms with E-state index >= 15 is 0 Å². The zero-order valence-electron chi connectivity index (χ0n) is 11.8. The van der Waals surface area contributed by atoms with E-state index < -0.39 is 0 Å². The maximum Gasteiger partial charge on any atom is 0.113 e. The lowest BCUT2D eigenvalue weighted by atomic mass is 10.2. The highest BCUT2D eigenvalue weighted by Crippen LogP contribution is 2.18. The van der Waals surface area contributed by atoms with E-state index in [0.29, 0.717) is 0 Å². The Bertz CT molecular complexity index is 862. The molecule has 1 N–H and O–H groups in total. The van der Waals surface area contributed by atoms with Gasteiger partial charge < -0.3 is 5.32 Å². The van der Waals surface area contributed by atoms with Gasteiger partial charge in [0.2, 0.25) is 0 Å². The summed E-state index contributed by atoms with van der Waals surface area (Å²) in [6.45, 7) is 0. The topological polar surface area (TPSA) is 42.7 Å². The lowest BCUT2D eigenvalue weighted by molar-refractivity contribution is 0.766. The van der Waals surface area contributed by atoms with Gasteiger partial charge in [-0.05, 0) is 48.5 Å². The molecule has 4 nitrogen and oxygen atoms in total. The highest BCUT2D eigenvalue weighted by Gasteiger charge is 2.03. The van der Waals surface area contributed by atoms with Crippen LogP contribution in [0.4, 0.5) is 11.4 Å². The molecule has 0 aliphatic carbocycles. The van der Waals surface area contributed by atoms with E-state index in [-0.39, 0.29) is 0 Å². The largest absolute Gasteiger partial charge is 0.356 e. The molecule has 0 bridgehead atoms. The van der Waals surface area contributed by atoms with Crippen molar-refractivity contribution < 1.29 is 0 Å². The molecule has 4 aromatic rings. The Morgan fingerprint density at radius 1 is 0.591 bits per heavy atom.